The highest BCUT2D eigenvalue weighted by Gasteiger charge is 2.57. The van der Waals surface area contributed by atoms with Crippen molar-refractivity contribution in [2.24, 2.45) is 5.73 Å². The number of aromatic amines is 1. The second-order valence-corrected chi connectivity index (χ2v) is 14.1. The Kier molecular flexibility index (Phi) is 9.21. The molecule has 0 spiro atoms. The predicted octanol–water partition coefficient (Wildman–Crippen LogP) is 3.17. The molecule has 1 aromatic heterocycles. The van der Waals surface area contributed by atoms with E-state index >= 15 is 0 Å². The molecule has 7 N–H and O–H groups in total. The number of aliphatic hydroxyl groups excluding tert-OH is 1. The standard InChI is InChI=1S/C39H46N6O7/c1-18-24(17-46)34(47)31-22(36(18)50-4)13-28-33-32-23(37(51-5)19(2)38(52-6)35(32)48)12-27(44(33)3)29(14-40)45(28)30(31)16-43-39(49)25(41)11-20-15-42-26-10-8-7-9-21(20)26/h7-10,15,25,27-30,33,42,46-48H,11-13,16-17,41H2,1-6H3,(H,43,49)/t25-,27-,28-,29-,30-,33+/m0/s1. The quantitative estimate of drug-likeness (QED) is 0.150. The fraction of sp³-hybridized carbons (Fsp3) is 0.436. The second kappa shape index (κ2) is 13.5. The summed E-state index contributed by atoms with van der Waals surface area (Å²) in [5, 5.41) is 49.1. The van der Waals surface area contributed by atoms with Crippen molar-refractivity contribution in [2.75, 3.05) is 34.9 Å². The van der Waals surface area contributed by atoms with Crippen molar-refractivity contribution in [1.82, 2.24) is 20.1 Å². The number of piperazine rings is 1. The highest BCUT2D eigenvalue weighted by atomic mass is 16.5. The van der Waals surface area contributed by atoms with Gasteiger partial charge in [0.05, 0.1) is 52.1 Å². The molecule has 1 amide bonds. The van der Waals surface area contributed by atoms with Crippen LogP contribution in [0.2, 0.25) is 0 Å². The summed E-state index contributed by atoms with van der Waals surface area (Å²) < 4.78 is 17.6. The van der Waals surface area contributed by atoms with Gasteiger partial charge in [0.1, 0.15) is 23.3 Å². The summed E-state index contributed by atoms with van der Waals surface area (Å²) in [6.07, 6.45) is 2.89. The molecular formula is C39H46N6O7. The van der Waals surface area contributed by atoms with E-state index in [9.17, 15) is 25.4 Å². The number of nitrogens with two attached hydrogens (primary N) is 1. The number of H-pyrrole nitrogens is 1. The number of hydrogen-bond donors (Lipinski definition) is 6. The average Bonchev–Trinajstić information content (AvgIpc) is 3.54. The third kappa shape index (κ3) is 5.16. The number of benzene rings is 3. The van der Waals surface area contributed by atoms with Crippen LogP contribution in [0.5, 0.6) is 28.7 Å². The van der Waals surface area contributed by atoms with E-state index < -0.39 is 36.8 Å². The summed E-state index contributed by atoms with van der Waals surface area (Å²) >= 11 is 0. The Bertz CT molecular complexity index is 2110. The van der Waals surface area contributed by atoms with Crippen molar-refractivity contribution in [1.29, 1.82) is 5.26 Å². The smallest absolute Gasteiger partial charge is 0.237 e. The molecule has 0 radical (unpaired) electrons. The number of rotatable bonds is 9. The Balaban J connectivity index is 1.35. The maximum atomic E-state index is 13.8. The number of aromatic hydroxyl groups is 2. The third-order valence-corrected chi connectivity index (χ3v) is 11.7. The topological polar surface area (TPSA) is 190 Å². The fourth-order valence-corrected chi connectivity index (χ4v) is 9.39. The highest BCUT2D eigenvalue weighted by molar-refractivity contribution is 5.86. The first-order chi connectivity index (χ1) is 25.0. The number of nitriles is 1. The van der Waals surface area contributed by atoms with Crippen LogP contribution in [0.15, 0.2) is 30.5 Å². The lowest BCUT2D eigenvalue weighted by atomic mass is 9.71. The van der Waals surface area contributed by atoms with Crippen LogP contribution in [0.1, 0.15) is 56.6 Å². The Labute approximate surface area is 302 Å². The van der Waals surface area contributed by atoms with Gasteiger partial charge in [0.25, 0.3) is 0 Å². The molecular weight excluding hydrogens is 664 g/mol. The molecule has 0 saturated carbocycles. The molecule has 0 unspecified atom stereocenters. The number of nitrogens with zero attached hydrogens (tertiary/aromatic N) is 3. The summed E-state index contributed by atoms with van der Waals surface area (Å²) in [4.78, 5) is 21.2. The number of carbonyl (C=O) groups is 1. The van der Waals surface area contributed by atoms with Gasteiger partial charge < -0.3 is 45.6 Å². The van der Waals surface area contributed by atoms with Crippen molar-refractivity contribution in [3.05, 3.63) is 75.0 Å². The van der Waals surface area contributed by atoms with Gasteiger partial charge in [-0.1, -0.05) is 18.2 Å². The number of likely N-dealkylation sites (N-methyl/N-ethyl adjacent to an activating group) is 1. The molecule has 3 aliphatic heterocycles. The zero-order valence-electron chi connectivity index (χ0n) is 30.3. The van der Waals surface area contributed by atoms with Crippen LogP contribution in [0, 0.1) is 25.2 Å². The SMILES string of the molecule is COc1c(C)c(OC)c2c(c1O)[C@H]1[C@@H]3Cc4c(OC)c(C)c(CO)c(O)c4[C@H](CNC(=O)[C@@H](N)Cc4c[nH]c5ccccc45)N3[C@@H](C#N)[C@H](C2)N1C. The Morgan fingerprint density at radius 1 is 1.02 bits per heavy atom. The van der Waals surface area contributed by atoms with Gasteiger partial charge in [-0.3, -0.25) is 14.6 Å². The molecule has 0 aliphatic carbocycles. The van der Waals surface area contributed by atoms with Gasteiger partial charge in [-0.15, -0.1) is 0 Å². The molecule has 4 heterocycles. The van der Waals surface area contributed by atoms with Crippen molar-refractivity contribution in [2.45, 2.75) is 76.0 Å². The number of carbonyl (C=O) groups excluding carboxylic acids is 1. The zero-order valence-corrected chi connectivity index (χ0v) is 30.3. The summed E-state index contributed by atoms with van der Waals surface area (Å²) in [5.74, 6) is 0.980. The minimum Gasteiger partial charge on any atom is -0.507 e. The lowest BCUT2D eigenvalue weighted by Crippen LogP contribution is -2.69. The van der Waals surface area contributed by atoms with E-state index in [1.165, 1.54) is 7.11 Å². The number of fused-ring (bicyclic) bond motifs is 8. The van der Waals surface area contributed by atoms with Crippen LogP contribution in [0.4, 0.5) is 0 Å². The molecule has 1 fully saturated rings. The van der Waals surface area contributed by atoms with E-state index in [-0.39, 0.29) is 30.0 Å². The number of methoxy groups -OCH3 is 3. The average molecular weight is 711 g/mol. The monoisotopic (exact) mass is 710 g/mol. The number of para-hydroxylation sites is 1. The Hall–Kier alpha value is -5.00. The number of nitrogens with one attached hydrogen (secondary N) is 2. The predicted molar refractivity (Wildman–Crippen MR) is 194 cm³/mol. The van der Waals surface area contributed by atoms with Gasteiger partial charge >= 0.3 is 0 Å². The first-order valence-corrected chi connectivity index (χ1v) is 17.5. The van der Waals surface area contributed by atoms with Crippen molar-refractivity contribution in [3.63, 3.8) is 0 Å². The zero-order chi connectivity index (χ0) is 37.2. The maximum Gasteiger partial charge on any atom is 0.237 e. The summed E-state index contributed by atoms with van der Waals surface area (Å²) in [7, 11) is 6.61. The minimum atomic E-state index is -0.877. The summed E-state index contributed by atoms with van der Waals surface area (Å²) in [5.41, 5.74) is 12.7. The number of aromatic nitrogens is 1. The van der Waals surface area contributed by atoms with E-state index in [1.54, 1.807) is 21.1 Å². The van der Waals surface area contributed by atoms with Gasteiger partial charge in [-0.05, 0) is 51.8 Å². The fourth-order valence-electron chi connectivity index (χ4n) is 9.39. The number of phenolic OH excluding ortho intramolecular Hbond substituents is 1. The summed E-state index contributed by atoms with van der Waals surface area (Å²) in [6, 6.07) is 6.88. The van der Waals surface area contributed by atoms with Crippen LogP contribution in [0.3, 0.4) is 0 Å². The molecule has 3 aromatic carbocycles. The normalized spacial score (nSPS) is 22.9. The van der Waals surface area contributed by atoms with Crippen LogP contribution in [-0.4, -0.2) is 95.1 Å². The molecule has 13 nitrogen and oxygen atoms in total. The molecule has 52 heavy (non-hydrogen) atoms. The first kappa shape index (κ1) is 35.4. The minimum absolute atomic E-state index is 0.00920. The highest BCUT2D eigenvalue weighted by Crippen LogP contribution is 2.58. The van der Waals surface area contributed by atoms with Gasteiger partial charge in [-0.25, -0.2) is 0 Å². The van der Waals surface area contributed by atoms with Crippen molar-refractivity contribution in [3.8, 4) is 34.8 Å². The van der Waals surface area contributed by atoms with Crippen molar-refractivity contribution < 1.29 is 34.3 Å². The number of hydrogen-bond acceptors (Lipinski definition) is 11. The number of phenols is 2. The molecule has 13 heteroatoms. The molecule has 7 rings (SSSR count). The van der Waals surface area contributed by atoms with Crippen LogP contribution >= 0.6 is 0 Å². The maximum absolute atomic E-state index is 13.8. The molecule has 6 atom stereocenters. The van der Waals surface area contributed by atoms with E-state index in [2.05, 4.69) is 26.2 Å². The molecule has 3 aliphatic rings. The second-order valence-electron chi connectivity index (χ2n) is 14.1. The van der Waals surface area contributed by atoms with Gasteiger partial charge in [-0.2, -0.15) is 5.26 Å². The largest absolute Gasteiger partial charge is 0.507 e. The van der Waals surface area contributed by atoms with Crippen LogP contribution < -0.4 is 25.3 Å². The van der Waals surface area contributed by atoms with Crippen LogP contribution in [0.25, 0.3) is 10.9 Å². The molecule has 2 bridgehead atoms. The number of amides is 1. The van der Waals surface area contributed by atoms with Gasteiger partial charge in [0, 0.05) is 74.7 Å². The van der Waals surface area contributed by atoms with Crippen LogP contribution in [-0.2, 0) is 30.7 Å². The lowest BCUT2D eigenvalue weighted by molar-refractivity contribution is -0.123. The molecule has 274 valence electrons. The van der Waals surface area contributed by atoms with E-state index in [1.807, 2.05) is 44.4 Å². The van der Waals surface area contributed by atoms with Crippen molar-refractivity contribution >= 4 is 16.8 Å². The van der Waals surface area contributed by atoms with Gasteiger partial charge in [0.2, 0.25) is 5.91 Å². The number of aliphatic hydroxyl groups is 1. The molecule has 4 aromatic rings. The van der Waals surface area contributed by atoms with E-state index in [4.69, 9.17) is 19.9 Å². The summed E-state index contributed by atoms with van der Waals surface area (Å²) in [6.45, 7) is 3.21. The third-order valence-electron chi connectivity index (χ3n) is 11.7. The van der Waals surface area contributed by atoms with Gasteiger partial charge in [0.15, 0.2) is 11.5 Å². The van der Waals surface area contributed by atoms with E-state index in [0.29, 0.717) is 69.9 Å². The molecule has 1 saturated heterocycles. The van der Waals surface area contributed by atoms with E-state index in [0.717, 1.165) is 22.0 Å². The first-order valence-electron chi connectivity index (χ1n) is 17.5. The Morgan fingerprint density at radius 2 is 1.67 bits per heavy atom. The lowest BCUT2D eigenvalue weighted by Gasteiger charge is -2.60. The number of ether oxygens (including phenoxy) is 3. The Morgan fingerprint density at radius 3 is 2.35 bits per heavy atom.